The van der Waals surface area contributed by atoms with Crippen LogP contribution in [0.25, 0.3) is 16.7 Å². The predicted molar refractivity (Wildman–Crippen MR) is 133 cm³/mol. The number of rotatable bonds is 5. The Labute approximate surface area is 199 Å². The highest BCUT2D eigenvalue weighted by atomic mass is 16.2. The van der Waals surface area contributed by atoms with Gasteiger partial charge in [-0.15, -0.1) is 0 Å². The molecule has 172 valence electrons. The summed E-state index contributed by atoms with van der Waals surface area (Å²) in [6.45, 7) is 5.95. The van der Waals surface area contributed by atoms with Crippen LogP contribution in [0.15, 0.2) is 66.9 Å². The van der Waals surface area contributed by atoms with Gasteiger partial charge in [0.15, 0.2) is 0 Å². The van der Waals surface area contributed by atoms with Crippen LogP contribution < -0.4 is 5.73 Å². The standard InChI is InChI=1S/C28H28N4O2/c1-19(33)32-14-12-31(13-15-32)18-20-2-4-21(5-3-20)24-16-26-25(10-11-27(26)30-17-24)22-6-8-23(9-7-22)28(29)34/h2-10,16-17H,11-15,18H2,1H3,(H2,29,34). The normalized spacial score (nSPS) is 15.7. The van der Waals surface area contributed by atoms with Crippen molar-refractivity contribution >= 4 is 17.4 Å². The lowest BCUT2D eigenvalue weighted by atomic mass is 9.97. The summed E-state index contributed by atoms with van der Waals surface area (Å²) in [5.74, 6) is -0.259. The number of primary amides is 1. The fourth-order valence-electron chi connectivity index (χ4n) is 4.72. The Morgan fingerprint density at radius 1 is 0.912 bits per heavy atom. The van der Waals surface area contributed by atoms with Gasteiger partial charge in [-0.2, -0.15) is 0 Å². The number of nitrogens with two attached hydrogens (primary N) is 1. The van der Waals surface area contributed by atoms with Gasteiger partial charge in [0.25, 0.3) is 0 Å². The van der Waals surface area contributed by atoms with Gasteiger partial charge in [-0.25, -0.2) is 0 Å². The number of piperazine rings is 1. The number of fused-ring (bicyclic) bond motifs is 1. The highest BCUT2D eigenvalue weighted by molar-refractivity contribution is 5.94. The van der Waals surface area contributed by atoms with Gasteiger partial charge >= 0.3 is 0 Å². The Balaban J connectivity index is 1.30. The van der Waals surface area contributed by atoms with E-state index in [0.717, 1.165) is 72.7 Å². The lowest BCUT2D eigenvalue weighted by Gasteiger charge is -2.34. The van der Waals surface area contributed by atoms with E-state index in [1.807, 2.05) is 23.2 Å². The monoisotopic (exact) mass is 452 g/mol. The van der Waals surface area contributed by atoms with Gasteiger partial charge in [-0.3, -0.25) is 19.5 Å². The van der Waals surface area contributed by atoms with Crippen LogP contribution in [0.4, 0.5) is 0 Å². The van der Waals surface area contributed by atoms with Crippen LogP contribution in [0.5, 0.6) is 0 Å². The molecule has 2 amide bonds. The second-order valence-electron chi connectivity index (χ2n) is 8.96. The molecule has 2 heterocycles. The second-order valence-corrected chi connectivity index (χ2v) is 8.96. The van der Waals surface area contributed by atoms with Crippen LogP contribution in [0.3, 0.4) is 0 Å². The van der Waals surface area contributed by atoms with Crippen molar-refractivity contribution < 1.29 is 9.59 Å². The summed E-state index contributed by atoms with van der Waals surface area (Å²) >= 11 is 0. The molecule has 0 radical (unpaired) electrons. The first-order chi connectivity index (χ1) is 16.5. The molecule has 0 bridgehead atoms. The van der Waals surface area contributed by atoms with E-state index in [1.165, 1.54) is 5.56 Å². The van der Waals surface area contributed by atoms with Gasteiger partial charge < -0.3 is 10.6 Å². The number of hydrogen-bond acceptors (Lipinski definition) is 4. The topological polar surface area (TPSA) is 79.5 Å². The molecule has 1 aliphatic carbocycles. The van der Waals surface area contributed by atoms with Crippen LogP contribution in [-0.4, -0.2) is 52.8 Å². The number of amides is 2. The highest BCUT2D eigenvalue weighted by Crippen LogP contribution is 2.34. The van der Waals surface area contributed by atoms with Crippen molar-refractivity contribution in [3.63, 3.8) is 0 Å². The average molecular weight is 453 g/mol. The minimum Gasteiger partial charge on any atom is -0.366 e. The summed E-state index contributed by atoms with van der Waals surface area (Å²) in [5, 5.41) is 0. The molecule has 0 spiro atoms. The molecule has 0 unspecified atom stereocenters. The summed E-state index contributed by atoms with van der Waals surface area (Å²) in [7, 11) is 0. The molecule has 2 N–H and O–H groups in total. The molecule has 1 aromatic heterocycles. The molecule has 6 nitrogen and oxygen atoms in total. The zero-order valence-electron chi connectivity index (χ0n) is 19.3. The third-order valence-corrected chi connectivity index (χ3v) is 6.75. The van der Waals surface area contributed by atoms with E-state index in [4.69, 9.17) is 10.7 Å². The Morgan fingerprint density at radius 2 is 1.59 bits per heavy atom. The third kappa shape index (κ3) is 4.50. The van der Waals surface area contributed by atoms with Crippen molar-refractivity contribution in [3.8, 4) is 11.1 Å². The van der Waals surface area contributed by atoms with Gasteiger partial charge in [0.1, 0.15) is 0 Å². The third-order valence-electron chi connectivity index (χ3n) is 6.75. The van der Waals surface area contributed by atoms with Crippen molar-refractivity contribution in [2.24, 2.45) is 5.73 Å². The predicted octanol–water partition coefficient (Wildman–Crippen LogP) is 3.50. The molecule has 1 fully saturated rings. The molecule has 1 aliphatic heterocycles. The molecular formula is C28H28N4O2. The van der Waals surface area contributed by atoms with Gasteiger partial charge in [-0.05, 0) is 40.5 Å². The largest absolute Gasteiger partial charge is 0.366 e. The Morgan fingerprint density at radius 3 is 2.24 bits per heavy atom. The fraction of sp³-hybridized carbons (Fsp3) is 0.250. The smallest absolute Gasteiger partial charge is 0.248 e. The van der Waals surface area contributed by atoms with E-state index in [2.05, 4.69) is 41.3 Å². The van der Waals surface area contributed by atoms with E-state index in [1.54, 1.807) is 19.1 Å². The zero-order valence-corrected chi connectivity index (χ0v) is 19.3. The van der Waals surface area contributed by atoms with Crippen molar-refractivity contribution in [2.75, 3.05) is 26.2 Å². The van der Waals surface area contributed by atoms with Gasteiger partial charge in [0.05, 0.1) is 5.69 Å². The highest BCUT2D eigenvalue weighted by Gasteiger charge is 2.20. The van der Waals surface area contributed by atoms with E-state index in [9.17, 15) is 9.59 Å². The summed E-state index contributed by atoms with van der Waals surface area (Å²) in [4.78, 5) is 31.9. The number of aromatic nitrogens is 1. The molecule has 34 heavy (non-hydrogen) atoms. The minimum absolute atomic E-state index is 0.160. The van der Waals surface area contributed by atoms with Crippen molar-refractivity contribution in [1.82, 2.24) is 14.8 Å². The Bertz CT molecular complexity index is 1250. The summed E-state index contributed by atoms with van der Waals surface area (Å²) in [6, 6.07) is 18.3. The maximum atomic E-state index is 11.5. The Kier molecular flexibility index (Phi) is 5.99. The second kappa shape index (κ2) is 9.23. The average Bonchev–Trinajstić information content (AvgIpc) is 3.28. The van der Waals surface area contributed by atoms with Crippen LogP contribution in [-0.2, 0) is 17.8 Å². The molecule has 5 rings (SSSR count). The van der Waals surface area contributed by atoms with E-state index < -0.39 is 5.91 Å². The van der Waals surface area contributed by atoms with E-state index in [-0.39, 0.29) is 5.91 Å². The lowest BCUT2D eigenvalue weighted by molar-refractivity contribution is -0.130. The minimum atomic E-state index is -0.418. The van der Waals surface area contributed by atoms with Gasteiger partial charge in [0, 0.05) is 69.0 Å². The summed E-state index contributed by atoms with van der Waals surface area (Å²) in [6.07, 6.45) is 4.94. The maximum absolute atomic E-state index is 11.5. The molecule has 2 aromatic carbocycles. The summed E-state index contributed by atoms with van der Waals surface area (Å²) < 4.78 is 0. The first-order valence-corrected chi connectivity index (χ1v) is 11.6. The van der Waals surface area contributed by atoms with Crippen molar-refractivity contribution in [3.05, 3.63) is 94.8 Å². The molecular weight excluding hydrogens is 424 g/mol. The molecule has 0 saturated carbocycles. The van der Waals surface area contributed by atoms with Crippen LogP contribution in [0.1, 0.15) is 39.7 Å². The quantitative estimate of drug-likeness (QED) is 0.643. The summed E-state index contributed by atoms with van der Waals surface area (Å²) in [5.41, 5.74) is 13.8. The lowest BCUT2D eigenvalue weighted by Crippen LogP contribution is -2.47. The number of carbonyl (C=O) groups excluding carboxylic acids is 2. The number of allylic oxidation sites excluding steroid dienone is 1. The first kappa shape index (κ1) is 22.0. The zero-order chi connectivity index (χ0) is 23.7. The van der Waals surface area contributed by atoms with Crippen LogP contribution >= 0.6 is 0 Å². The number of nitrogens with zero attached hydrogens (tertiary/aromatic N) is 3. The first-order valence-electron chi connectivity index (χ1n) is 11.6. The number of carbonyl (C=O) groups is 2. The SMILES string of the molecule is CC(=O)N1CCN(Cc2ccc(-c3cnc4c(c3)C(c3ccc(C(N)=O)cc3)=CC4)cc2)CC1. The van der Waals surface area contributed by atoms with E-state index in [0.29, 0.717) is 5.56 Å². The molecule has 2 aliphatic rings. The van der Waals surface area contributed by atoms with Gasteiger partial charge in [0.2, 0.25) is 11.8 Å². The molecule has 3 aromatic rings. The van der Waals surface area contributed by atoms with Gasteiger partial charge in [-0.1, -0.05) is 42.5 Å². The molecule has 6 heteroatoms. The molecule has 1 saturated heterocycles. The Hall–Kier alpha value is -3.77. The fourth-order valence-corrected chi connectivity index (χ4v) is 4.72. The van der Waals surface area contributed by atoms with Crippen molar-refractivity contribution in [1.29, 1.82) is 0 Å². The van der Waals surface area contributed by atoms with E-state index >= 15 is 0 Å². The van der Waals surface area contributed by atoms with Crippen LogP contribution in [0, 0.1) is 0 Å². The number of hydrogen-bond donors (Lipinski definition) is 1. The number of pyridine rings is 1. The number of benzene rings is 2. The van der Waals surface area contributed by atoms with Crippen LogP contribution in [0.2, 0.25) is 0 Å². The maximum Gasteiger partial charge on any atom is 0.248 e. The van der Waals surface area contributed by atoms with Crippen molar-refractivity contribution in [2.45, 2.75) is 19.9 Å². The molecule has 0 atom stereocenters.